The van der Waals surface area contributed by atoms with E-state index >= 15 is 4.57 Å². The summed E-state index contributed by atoms with van der Waals surface area (Å²) < 4.78 is 32.1. The summed E-state index contributed by atoms with van der Waals surface area (Å²) in [5.41, 5.74) is 0. The van der Waals surface area contributed by atoms with Gasteiger partial charge in [-0.15, -0.1) is 0 Å². The largest absolute Gasteiger partial charge is 0.497 e. The Balaban J connectivity index is 2.48. The zero-order valence-corrected chi connectivity index (χ0v) is 27.0. The number of benzene rings is 3. The third-order valence-electron chi connectivity index (χ3n) is 6.82. The predicted octanol–water partition coefficient (Wildman–Crippen LogP) is 6.52. The molecule has 0 aliphatic heterocycles. The first-order chi connectivity index (χ1) is 18.5. The SMILES string of the molecule is COc1cccc(P(c2ccccc2OC)c2ccccc2P(=O)(N(C(C)C)C(C)C)N(C(C)C)C(C)C)c1. The van der Waals surface area contributed by atoms with Gasteiger partial charge in [-0.1, -0.05) is 48.5 Å². The molecule has 0 aliphatic carbocycles. The first-order valence-corrected chi connectivity index (χ1v) is 16.8. The molecule has 5 nitrogen and oxygen atoms in total. The molecule has 0 amide bonds. The molecule has 0 saturated carbocycles. The van der Waals surface area contributed by atoms with Crippen molar-refractivity contribution in [3.8, 4) is 11.5 Å². The molecule has 0 fully saturated rings. The summed E-state index contributed by atoms with van der Waals surface area (Å²) in [6.45, 7) is 17.2. The van der Waals surface area contributed by atoms with E-state index in [-0.39, 0.29) is 24.2 Å². The third kappa shape index (κ3) is 6.44. The topological polar surface area (TPSA) is 42.0 Å². The summed E-state index contributed by atoms with van der Waals surface area (Å²) in [5, 5.41) is 4.18. The smallest absolute Gasteiger partial charge is 0.247 e. The van der Waals surface area contributed by atoms with Crippen molar-refractivity contribution < 1.29 is 14.0 Å². The predicted molar refractivity (Wildman–Crippen MR) is 170 cm³/mol. The molecule has 1 atom stereocenters. The van der Waals surface area contributed by atoms with Crippen LogP contribution in [0.1, 0.15) is 55.4 Å². The second-order valence-corrected chi connectivity index (χ2v) is 15.5. The fourth-order valence-electron chi connectivity index (χ4n) is 5.68. The maximum Gasteiger partial charge on any atom is 0.247 e. The first-order valence-electron chi connectivity index (χ1n) is 13.8. The van der Waals surface area contributed by atoms with Crippen LogP contribution in [0.15, 0.2) is 72.8 Å². The molecule has 212 valence electrons. The Kier molecular flexibility index (Phi) is 10.8. The van der Waals surface area contributed by atoms with Gasteiger partial charge in [0, 0.05) is 34.8 Å². The zero-order valence-electron chi connectivity index (χ0n) is 25.3. The lowest BCUT2D eigenvalue weighted by molar-refractivity contribution is 0.231. The summed E-state index contributed by atoms with van der Waals surface area (Å²) >= 11 is 0. The van der Waals surface area contributed by atoms with E-state index in [1.807, 2.05) is 30.3 Å². The van der Waals surface area contributed by atoms with Crippen molar-refractivity contribution in [2.45, 2.75) is 79.6 Å². The van der Waals surface area contributed by atoms with E-state index in [0.29, 0.717) is 0 Å². The van der Waals surface area contributed by atoms with Gasteiger partial charge in [-0.05, 0) is 98.2 Å². The normalized spacial score (nSPS) is 13.2. The molecule has 3 aromatic carbocycles. The molecule has 0 saturated heterocycles. The summed E-state index contributed by atoms with van der Waals surface area (Å²) in [4.78, 5) is 0. The van der Waals surface area contributed by atoms with Gasteiger partial charge < -0.3 is 9.47 Å². The van der Waals surface area contributed by atoms with Crippen molar-refractivity contribution in [1.82, 2.24) is 9.34 Å². The van der Waals surface area contributed by atoms with E-state index in [0.717, 1.165) is 32.7 Å². The van der Waals surface area contributed by atoms with Crippen LogP contribution in [-0.2, 0) is 4.57 Å². The van der Waals surface area contributed by atoms with Crippen LogP contribution in [0.5, 0.6) is 11.5 Å². The van der Waals surface area contributed by atoms with Crippen LogP contribution in [-0.4, -0.2) is 47.7 Å². The van der Waals surface area contributed by atoms with Crippen LogP contribution >= 0.6 is 15.4 Å². The van der Waals surface area contributed by atoms with Crippen LogP contribution in [0.4, 0.5) is 0 Å². The highest BCUT2D eigenvalue weighted by Crippen LogP contribution is 2.57. The molecule has 0 aliphatic rings. The van der Waals surface area contributed by atoms with Gasteiger partial charge in [-0.2, -0.15) is 0 Å². The van der Waals surface area contributed by atoms with Crippen molar-refractivity contribution in [3.05, 3.63) is 72.8 Å². The second kappa shape index (κ2) is 13.5. The third-order valence-corrected chi connectivity index (χ3v) is 13.6. The molecular weight excluding hydrogens is 522 g/mol. The Morgan fingerprint density at radius 1 is 0.641 bits per heavy atom. The van der Waals surface area contributed by atoms with Gasteiger partial charge in [-0.3, -0.25) is 4.57 Å². The maximum atomic E-state index is 16.1. The summed E-state index contributed by atoms with van der Waals surface area (Å²) in [6.07, 6.45) is 0. The Morgan fingerprint density at radius 3 is 1.67 bits per heavy atom. The quantitative estimate of drug-likeness (QED) is 0.233. The number of hydrogen-bond acceptors (Lipinski definition) is 3. The van der Waals surface area contributed by atoms with Crippen molar-refractivity contribution in [3.63, 3.8) is 0 Å². The Hall–Kier alpha value is -2.16. The molecule has 0 N–H and O–H groups in total. The fraction of sp³-hybridized carbons (Fsp3) is 0.438. The van der Waals surface area contributed by atoms with E-state index in [1.54, 1.807) is 14.2 Å². The minimum absolute atomic E-state index is 0.0817. The molecule has 0 bridgehead atoms. The molecule has 3 rings (SSSR count). The van der Waals surface area contributed by atoms with E-state index in [2.05, 4.69) is 107 Å². The molecule has 39 heavy (non-hydrogen) atoms. The van der Waals surface area contributed by atoms with Gasteiger partial charge in [0.15, 0.2) is 0 Å². The van der Waals surface area contributed by atoms with Gasteiger partial charge in [0.25, 0.3) is 0 Å². The van der Waals surface area contributed by atoms with Crippen molar-refractivity contribution in [1.29, 1.82) is 0 Å². The molecule has 0 radical (unpaired) electrons. The second-order valence-electron chi connectivity index (χ2n) is 10.9. The highest BCUT2D eigenvalue weighted by atomic mass is 31.2. The lowest BCUT2D eigenvalue weighted by Gasteiger charge is -2.48. The molecule has 1 unspecified atom stereocenters. The molecule has 0 spiro atoms. The molecule has 0 heterocycles. The summed E-state index contributed by atoms with van der Waals surface area (Å²) in [5.74, 6) is 1.62. The highest BCUT2D eigenvalue weighted by Gasteiger charge is 2.46. The number of para-hydroxylation sites is 1. The van der Waals surface area contributed by atoms with Crippen LogP contribution in [0, 0.1) is 0 Å². The van der Waals surface area contributed by atoms with Crippen LogP contribution < -0.4 is 30.7 Å². The van der Waals surface area contributed by atoms with Gasteiger partial charge in [0.2, 0.25) is 7.44 Å². The van der Waals surface area contributed by atoms with Crippen molar-refractivity contribution >= 4 is 36.6 Å². The fourth-order valence-corrected chi connectivity index (χ4v) is 12.7. The molecule has 3 aromatic rings. The summed E-state index contributed by atoms with van der Waals surface area (Å²) in [7, 11) is -1.01. The lowest BCUT2D eigenvalue weighted by atomic mass is 10.3. The molecular formula is C32H46N2O3P2. The number of ether oxygens (including phenoxy) is 2. The van der Waals surface area contributed by atoms with Gasteiger partial charge >= 0.3 is 0 Å². The van der Waals surface area contributed by atoms with Crippen LogP contribution in [0.2, 0.25) is 0 Å². The number of methoxy groups -OCH3 is 2. The van der Waals surface area contributed by atoms with Gasteiger partial charge in [-0.25, -0.2) is 9.34 Å². The Morgan fingerprint density at radius 2 is 1.15 bits per heavy atom. The monoisotopic (exact) mass is 568 g/mol. The zero-order chi connectivity index (χ0) is 28.9. The van der Waals surface area contributed by atoms with Gasteiger partial charge in [0.1, 0.15) is 11.5 Å². The van der Waals surface area contributed by atoms with E-state index in [1.165, 1.54) is 0 Å². The number of rotatable bonds is 12. The first kappa shape index (κ1) is 31.4. The maximum absolute atomic E-state index is 16.1. The van der Waals surface area contributed by atoms with E-state index < -0.39 is 15.4 Å². The van der Waals surface area contributed by atoms with Crippen LogP contribution in [0.25, 0.3) is 0 Å². The minimum Gasteiger partial charge on any atom is -0.497 e. The van der Waals surface area contributed by atoms with Gasteiger partial charge in [0.05, 0.1) is 14.2 Å². The van der Waals surface area contributed by atoms with E-state index in [4.69, 9.17) is 9.47 Å². The van der Waals surface area contributed by atoms with Crippen LogP contribution in [0.3, 0.4) is 0 Å². The lowest BCUT2D eigenvalue weighted by Crippen LogP contribution is -2.50. The Bertz CT molecular complexity index is 1240. The Labute approximate surface area is 237 Å². The summed E-state index contributed by atoms with van der Waals surface area (Å²) in [6, 6.07) is 25.1. The molecule has 7 heteroatoms. The average molecular weight is 569 g/mol. The van der Waals surface area contributed by atoms with Crippen molar-refractivity contribution in [2.75, 3.05) is 14.2 Å². The van der Waals surface area contributed by atoms with E-state index in [9.17, 15) is 0 Å². The number of hydrogen-bond donors (Lipinski definition) is 0. The average Bonchev–Trinajstić information content (AvgIpc) is 2.88. The minimum atomic E-state index is -3.28. The highest BCUT2D eigenvalue weighted by molar-refractivity contribution is 7.82. The van der Waals surface area contributed by atoms with Crippen molar-refractivity contribution in [2.24, 2.45) is 0 Å². The number of nitrogens with zero attached hydrogens (tertiary/aromatic N) is 2. The molecule has 0 aromatic heterocycles. The standard InChI is InChI=1S/C32H46N2O3P2/c1-23(2)33(24(3)4)39(35,34(25(5)6)26(7)8)32-21-14-13-20-31(32)38(28-17-15-16-27(22-28)36-9)30-19-12-11-18-29(30)37-10/h11-26H,1-10H3.